The van der Waals surface area contributed by atoms with Gasteiger partial charge in [-0.3, -0.25) is 0 Å². The summed E-state index contributed by atoms with van der Waals surface area (Å²) in [5.74, 6) is -1.60. The molecule has 0 saturated heterocycles. The van der Waals surface area contributed by atoms with E-state index in [1.54, 1.807) is 6.07 Å². The number of anilines is 3. The van der Waals surface area contributed by atoms with Crippen molar-refractivity contribution in [3.8, 4) is 0 Å². The van der Waals surface area contributed by atoms with E-state index in [9.17, 15) is 9.18 Å². The Morgan fingerprint density at radius 2 is 2.11 bits per heavy atom. The van der Waals surface area contributed by atoms with Gasteiger partial charge in [-0.15, -0.1) is 0 Å². The molecule has 4 N–H and O–H groups in total. The van der Waals surface area contributed by atoms with Gasteiger partial charge in [0.15, 0.2) is 0 Å². The van der Waals surface area contributed by atoms with Crippen molar-refractivity contribution in [2.45, 2.75) is 0 Å². The summed E-state index contributed by atoms with van der Waals surface area (Å²) in [6, 6.07) is 5.60. The first-order valence-corrected chi connectivity index (χ1v) is 5.97. The van der Waals surface area contributed by atoms with Crippen LogP contribution in [0.1, 0.15) is 10.4 Å². The number of halogens is 2. The molecule has 19 heavy (non-hydrogen) atoms. The molecule has 1 aromatic carbocycles. The topological polar surface area (TPSA) is 88.2 Å². The summed E-state index contributed by atoms with van der Waals surface area (Å²) in [6.45, 7) is 0. The number of rotatable bonds is 3. The Morgan fingerprint density at radius 1 is 1.37 bits per heavy atom. The minimum Gasteiger partial charge on any atom is -0.478 e. The highest BCUT2D eigenvalue weighted by Crippen LogP contribution is 2.25. The van der Waals surface area contributed by atoms with Crippen LogP contribution in [0.5, 0.6) is 0 Å². The summed E-state index contributed by atoms with van der Waals surface area (Å²) < 4.78 is 14.3. The molecule has 0 aliphatic rings. The first-order chi connectivity index (χ1) is 8.97. The summed E-state index contributed by atoms with van der Waals surface area (Å²) in [7, 11) is 0. The number of aromatic carboxylic acids is 1. The van der Waals surface area contributed by atoms with Crippen molar-refractivity contribution in [3.05, 3.63) is 46.3 Å². The molecule has 0 bridgehead atoms. The molecule has 0 amide bonds. The van der Waals surface area contributed by atoms with Crippen LogP contribution in [0.4, 0.5) is 21.6 Å². The standard InChI is InChI=1S/C12H9BrFN3O2/c13-6-1-2-9(8(14)3-6)17-10-5-16-11(15)4-7(10)12(18)19/h1-5,17H,(H2,15,16)(H,18,19). The number of nitrogens with one attached hydrogen (secondary N) is 1. The largest absolute Gasteiger partial charge is 0.478 e. The Hall–Kier alpha value is -2.15. The fourth-order valence-corrected chi connectivity index (χ4v) is 1.82. The molecule has 0 atom stereocenters. The molecule has 0 radical (unpaired) electrons. The van der Waals surface area contributed by atoms with Crippen LogP contribution < -0.4 is 11.1 Å². The maximum atomic E-state index is 13.7. The first-order valence-electron chi connectivity index (χ1n) is 5.18. The predicted octanol–water partition coefficient (Wildman–Crippen LogP) is 3.01. The van der Waals surface area contributed by atoms with Crippen molar-refractivity contribution in [2.24, 2.45) is 0 Å². The van der Waals surface area contributed by atoms with Gasteiger partial charge in [0, 0.05) is 4.47 Å². The second-order valence-corrected chi connectivity index (χ2v) is 4.62. The lowest BCUT2D eigenvalue weighted by atomic mass is 10.2. The van der Waals surface area contributed by atoms with E-state index in [-0.39, 0.29) is 22.8 Å². The molecule has 7 heteroatoms. The zero-order valence-electron chi connectivity index (χ0n) is 9.52. The number of nitrogen functional groups attached to an aromatic ring is 1. The van der Waals surface area contributed by atoms with Gasteiger partial charge >= 0.3 is 5.97 Å². The van der Waals surface area contributed by atoms with E-state index in [1.165, 1.54) is 24.4 Å². The monoisotopic (exact) mass is 325 g/mol. The number of pyridine rings is 1. The number of benzene rings is 1. The van der Waals surface area contributed by atoms with E-state index in [0.717, 1.165) is 0 Å². The fourth-order valence-electron chi connectivity index (χ4n) is 1.48. The Morgan fingerprint density at radius 3 is 2.74 bits per heavy atom. The number of nitrogens with two attached hydrogens (primary N) is 1. The Bertz CT molecular complexity index is 649. The molecule has 98 valence electrons. The molecule has 0 spiro atoms. The average molecular weight is 326 g/mol. The van der Waals surface area contributed by atoms with Gasteiger partial charge in [-0.25, -0.2) is 14.2 Å². The molecule has 0 aliphatic carbocycles. The summed E-state index contributed by atoms with van der Waals surface area (Å²) in [6.07, 6.45) is 1.25. The van der Waals surface area contributed by atoms with Gasteiger partial charge in [0.05, 0.1) is 23.1 Å². The normalized spacial score (nSPS) is 10.2. The van der Waals surface area contributed by atoms with Gasteiger partial charge in [-0.2, -0.15) is 0 Å². The zero-order valence-corrected chi connectivity index (χ0v) is 11.1. The molecule has 5 nitrogen and oxygen atoms in total. The van der Waals surface area contributed by atoms with Crippen LogP contribution in [-0.4, -0.2) is 16.1 Å². The molecule has 1 heterocycles. The van der Waals surface area contributed by atoms with Gasteiger partial charge in [0.2, 0.25) is 0 Å². The number of nitrogens with zero attached hydrogens (tertiary/aromatic N) is 1. The zero-order chi connectivity index (χ0) is 14.0. The molecular formula is C12H9BrFN3O2. The highest BCUT2D eigenvalue weighted by molar-refractivity contribution is 9.10. The average Bonchev–Trinajstić information content (AvgIpc) is 2.34. The Balaban J connectivity index is 2.40. The minimum absolute atomic E-state index is 0.0742. The van der Waals surface area contributed by atoms with Crippen LogP contribution in [0.3, 0.4) is 0 Å². The summed E-state index contributed by atoms with van der Waals surface area (Å²) in [5, 5.41) is 11.7. The first kappa shape index (κ1) is 13.3. The SMILES string of the molecule is Nc1cc(C(=O)O)c(Nc2ccc(Br)cc2F)cn1. The van der Waals surface area contributed by atoms with Gasteiger partial charge in [-0.05, 0) is 24.3 Å². The van der Waals surface area contributed by atoms with Crippen molar-refractivity contribution in [1.82, 2.24) is 4.98 Å². The summed E-state index contributed by atoms with van der Waals surface area (Å²) >= 11 is 3.14. The van der Waals surface area contributed by atoms with E-state index in [1.807, 2.05) is 0 Å². The third-order valence-corrected chi connectivity index (χ3v) is 2.85. The van der Waals surface area contributed by atoms with Crippen LogP contribution >= 0.6 is 15.9 Å². The minimum atomic E-state index is -1.17. The molecule has 0 fully saturated rings. The lowest BCUT2D eigenvalue weighted by Gasteiger charge is -2.10. The Kier molecular flexibility index (Phi) is 3.66. The Labute approximate surface area is 116 Å². The van der Waals surface area contributed by atoms with Crippen molar-refractivity contribution < 1.29 is 14.3 Å². The lowest BCUT2D eigenvalue weighted by molar-refractivity contribution is 0.0698. The molecule has 1 aromatic heterocycles. The lowest BCUT2D eigenvalue weighted by Crippen LogP contribution is -2.06. The second kappa shape index (κ2) is 5.23. The number of aromatic nitrogens is 1. The smallest absolute Gasteiger partial charge is 0.338 e. The van der Waals surface area contributed by atoms with Gasteiger partial charge in [-0.1, -0.05) is 15.9 Å². The van der Waals surface area contributed by atoms with Crippen LogP contribution in [-0.2, 0) is 0 Å². The molecular weight excluding hydrogens is 317 g/mol. The van der Waals surface area contributed by atoms with E-state index < -0.39 is 11.8 Å². The molecule has 2 rings (SSSR count). The number of carboxylic acids is 1. The van der Waals surface area contributed by atoms with Crippen molar-refractivity contribution in [2.75, 3.05) is 11.1 Å². The molecule has 0 unspecified atom stereocenters. The van der Waals surface area contributed by atoms with E-state index in [4.69, 9.17) is 10.8 Å². The van der Waals surface area contributed by atoms with Gasteiger partial charge in [0.1, 0.15) is 11.6 Å². The number of carboxylic acid groups (broad SMARTS) is 1. The van der Waals surface area contributed by atoms with Gasteiger partial charge < -0.3 is 16.2 Å². The summed E-state index contributed by atoms with van der Waals surface area (Å²) in [4.78, 5) is 14.9. The second-order valence-electron chi connectivity index (χ2n) is 3.71. The summed E-state index contributed by atoms with van der Waals surface area (Å²) in [5.41, 5.74) is 5.67. The molecule has 0 saturated carbocycles. The maximum Gasteiger partial charge on any atom is 0.338 e. The third-order valence-electron chi connectivity index (χ3n) is 2.36. The van der Waals surface area contributed by atoms with Crippen molar-refractivity contribution in [1.29, 1.82) is 0 Å². The number of hydrogen-bond donors (Lipinski definition) is 3. The quantitative estimate of drug-likeness (QED) is 0.807. The molecule has 2 aromatic rings. The van der Waals surface area contributed by atoms with Crippen LogP contribution in [0.2, 0.25) is 0 Å². The predicted molar refractivity (Wildman–Crippen MR) is 73.0 cm³/mol. The third kappa shape index (κ3) is 3.00. The number of hydrogen-bond acceptors (Lipinski definition) is 4. The van der Waals surface area contributed by atoms with Crippen LogP contribution in [0.15, 0.2) is 34.9 Å². The van der Waals surface area contributed by atoms with Gasteiger partial charge in [0.25, 0.3) is 0 Å². The van der Waals surface area contributed by atoms with E-state index in [2.05, 4.69) is 26.2 Å². The number of carbonyl (C=O) groups is 1. The van der Waals surface area contributed by atoms with E-state index >= 15 is 0 Å². The maximum absolute atomic E-state index is 13.7. The molecule has 0 aliphatic heterocycles. The highest BCUT2D eigenvalue weighted by Gasteiger charge is 2.13. The fraction of sp³-hybridized carbons (Fsp3) is 0. The highest BCUT2D eigenvalue weighted by atomic mass is 79.9. The van der Waals surface area contributed by atoms with Crippen LogP contribution in [0.25, 0.3) is 0 Å². The van der Waals surface area contributed by atoms with Crippen LogP contribution in [0, 0.1) is 5.82 Å². The van der Waals surface area contributed by atoms with Crippen molar-refractivity contribution >= 4 is 39.1 Å². The van der Waals surface area contributed by atoms with E-state index in [0.29, 0.717) is 4.47 Å². The van der Waals surface area contributed by atoms with Crippen molar-refractivity contribution in [3.63, 3.8) is 0 Å².